The van der Waals surface area contributed by atoms with Gasteiger partial charge in [0.05, 0.1) is 0 Å². The summed E-state index contributed by atoms with van der Waals surface area (Å²) in [5, 5.41) is 0. The van der Waals surface area contributed by atoms with Crippen molar-refractivity contribution < 1.29 is 53.0 Å². The van der Waals surface area contributed by atoms with Gasteiger partial charge in [-0.1, -0.05) is 0 Å². The van der Waals surface area contributed by atoms with Crippen molar-refractivity contribution in [2.45, 2.75) is 12.1 Å². The molecule has 28 heavy (non-hydrogen) atoms. The van der Waals surface area contributed by atoms with Gasteiger partial charge in [0.1, 0.15) is 0 Å². The Morgan fingerprint density at radius 2 is 1.14 bits per heavy atom. The molecular formula is C20H20Fe2N2O4-2. The van der Waals surface area contributed by atoms with Gasteiger partial charge >= 0.3 is 39.7 Å². The standard InChI is InChI=1S/C16H18N2.2CHO.2CO.2Fe/c1-17(2)15(13-9-5-6-10-13)16(18(3)4)14-11-7-8-12-14;4*1-2;;/h5-6,9-10,15-16H,1-4H3;2*1H;;;;/q-6;2*-1;;;;+6. The molecule has 0 saturated carbocycles. The van der Waals surface area contributed by atoms with E-state index >= 15 is 0 Å². The van der Waals surface area contributed by atoms with E-state index in [1.165, 1.54) is 5.56 Å². The van der Waals surface area contributed by atoms with Crippen LogP contribution in [0.25, 0.3) is 0 Å². The Balaban J connectivity index is -0.000000157. The van der Waals surface area contributed by atoms with Crippen molar-refractivity contribution in [3.05, 3.63) is 73.0 Å². The van der Waals surface area contributed by atoms with Gasteiger partial charge in [0.25, 0.3) is 0 Å². The molecule has 0 fully saturated rings. The third kappa shape index (κ3) is 12.8. The predicted octanol–water partition coefficient (Wildman–Crippen LogP) is 1.60. The quantitative estimate of drug-likeness (QED) is 0.292. The zero-order valence-corrected chi connectivity index (χ0v) is 18.1. The van der Waals surface area contributed by atoms with Crippen molar-refractivity contribution in [2.24, 2.45) is 0 Å². The van der Waals surface area contributed by atoms with Crippen LogP contribution in [-0.2, 0) is 53.0 Å². The largest absolute Gasteiger partial charge is 6.00 e. The van der Waals surface area contributed by atoms with Gasteiger partial charge in [-0.2, -0.15) is 12.1 Å². The average Bonchev–Trinajstić information content (AvgIpc) is 3.39. The summed E-state index contributed by atoms with van der Waals surface area (Å²) in [5.74, 6) is 0. The Kier molecular flexibility index (Phi) is 33.9. The average molecular weight is 464 g/mol. The third-order valence-corrected chi connectivity index (χ3v) is 3.19. The molecule has 0 saturated heterocycles. The first-order valence-electron chi connectivity index (χ1n) is 6.92. The molecule has 0 aliphatic rings. The van der Waals surface area contributed by atoms with Crippen LogP contribution in [0.5, 0.6) is 0 Å². The van der Waals surface area contributed by atoms with E-state index in [2.05, 4.69) is 113 Å². The first kappa shape index (κ1) is 37.3. The van der Waals surface area contributed by atoms with Crippen molar-refractivity contribution in [1.82, 2.24) is 9.80 Å². The van der Waals surface area contributed by atoms with Crippen LogP contribution in [0.4, 0.5) is 0 Å². The van der Waals surface area contributed by atoms with Gasteiger partial charge < -0.3 is 49.2 Å². The smallest absolute Gasteiger partial charge is 0.545 e. The molecule has 0 amide bonds. The monoisotopic (exact) mass is 464 g/mol. The van der Waals surface area contributed by atoms with Gasteiger partial charge in [0.2, 0.25) is 0 Å². The van der Waals surface area contributed by atoms with E-state index in [1.807, 2.05) is 0 Å². The summed E-state index contributed by atoms with van der Waals surface area (Å²) in [6.45, 7) is 15.5. The van der Waals surface area contributed by atoms with Crippen LogP contribution in [0.3, 0.4) is 0 Å². The van der Waals surface area contributed by atoms with E-state index in [9.17, 15) is 0 Å². The molecule has 2 unspecified atom stereocenters. The topological polar surface area (TPSA) is 80.4 Å². The zero-order chi connectivity index (χ0) is 21.1. The molecule has 0 aliphatic heterocycles. The third-order valence-electron chi connectivity index (χ3n) is 3.19. The molecule has 0 bridgehead atoms. The summed E-state index contributed by atoms with van der Waals surface area (Å²) in [6.07, 6.45) is 0. The molecule has 152 valence electrons. The van der Waals surface area contributed by atoms with Gasteiger partial charge in [-0.25, -0.2) is 12.1 Å². The predicted molar refractivity (Wildman–Crippen MR) is 93.6 cm³/mol. The van der Waals surface area contributed by atoms with Crippen LogP contribution in [0.1, 0.15) is 23.2 Å². The molecular weight excluding hydrogens is 444 g/mol. The van der Waals surface area contributed by atoms with E-state index in [0.29, 0.717) is 0 Å². The zero-order valence-electron chi connectivity index (χ0n) is 15.9. The minimum absolute atomic E-state index is 0. The van der Waals surface area contributed by atoms with Crippen LogP contribution < -0.4 is 0 Å². The Hall–Kier alpha value is -1.52. The summed E-state index contributed by atoms with van der Waals surface area (Å²) in [5.41, 5.74) is 2.32. The summed E-state index contributed by atoms with van der Waals surface area (Å²) in [6, 6.07) is 20.9. The molecule has 8 heteroatoms. The molecule has 2 rings (SSSR count). The minimum atomic E-state index is 0. The fourth-order valence-electron chi connectivity index (χ4n) is 2.42. The fourth-order valence-corrected chi connectivity index (χ4v) is 2.42. The van der Waals surface area contributed by atoms with E-state index in [4.69, 9.17) is 18.9 Å². The van der Waals surface area contributed by atoms with Crippen molar-refractivity contribution in [3.8, 4) is 0 Å². The van der Waals surface area contributed by atoms with Crippen molar-refractivity contribution >= 4 is 13.6 Å². The maximum Gasteiger partial charge on any atom is 6.00 e. The van der Waals surface area contributed by atoms with Gasteiger partial charge in [0, 0.05) is 17.1 Å². The number of hydrogen-bond acceptors (Lipinski definition) is 4. The summed E-state index contributed by atoms with van der Waals surface area (Å²) in [4.78, 5) is 19.9. The van der Waals surface area contributed by atoms with E-state index in [1.54, 1.807) is 0 Å². The molecule has 0 heterocycles. The Bertz CT molecular complexity index is 515. The summed E-state index contributed by atoms with van der Waals surface area (Å²) >= 11 is 0. The number of hydrogen-bond donors (Lipinski definition) is 0. The van der Waals surface area contributed by atoms with E-state index < -0.39 is 0 Å². The summed E-state index contributed by atoms with van der Waals surface area (Å²) in [7, 11) is 8.37. The molecule has 2 aromatic rings. The summed E-state index contributed by atoms with van der Waals surface area (Å²) < 4.78 is 15.0. The molecule has 0 N–H and O–H groups in total. The van der Waals surface area contributed by atoms with Gasteiger partial charge in [0.15, 0.2) is 0 Å². The number of nitrogens with zero attached hydrogens (tertiary/aromatic N) is 2. The van der Waals surface area contributed by atoms with Crippen molar-refractivity contribution in [1.29, 1.82) is 0 Å². The normalized spacial score (nSPS) is 10.2. The first-order valence-corrected chi connectivity index (χ1v) is 6.92. The van der Waals surface area contributed by atoms with Crippen molar-refractivity contribution in [2.75, 3.05) is 28.2 Å². The van der Waals surface area contributed by atoms with E-state index in [0.717, 1.165) is 5.56 Å². The van der Waals surface area contributed by atoms with Crippen LogP contribution >= 0.6 is 0 Å². The molecule has 0 aromatic heterocycles. The first-order chi connectivity index (χ1) is 12.6. The van der Waals surface area contributed by atoms with Gasteiger partial charge in [-0.05, 0) is 34.2 Å². The molecule has 2 aromatic carbocycles. The Morgan fingerprint density at radius 3 is 1.43 bits per heavy atom. The van der Waals surface area contributed by atoms with Gasteiger partial charge in [-0.15, -0.1) is 11.6 Å². The van der Waals surface area contributed by atoms with E-state index in [-0.39, 0.29) is 46.2 Å². The van der Waals surface area contributed by atoms with Gasteiger partial charge in [-0.3, -0.25) is 13.6 Å². The number of rotatable bonds is 5. The Labute approximate surface area is 189 Å². The second-order valence-corrected chi connectivity index (χ2v) is 4.95. The molecule has 0 aliphatic carbocycles. The maximum atomic E-state index is 7.75. The minimum Gasteiger partial charge on any atom is -0.545 e. The van der Waals surface area contributed by atoms with Crippen LogP contribution in [0, 0.1) is 37.6 Å². The molecule has 0 radical (unpaired) electrons. The molecule has 6 nitrogen and oxygen atoms in total. The van der Waals surface area contributed by atoms with Crippen molar-refractivity contribution in [3.63, 3.8) is 0 Å². The Morgan fingerprint density at radius 1 is 0.821 bits per heavy atom. The second kappa shape index (κ2) is 25.5. The molecule has 0 spiro atoms. The number of likely N-dealkylation sites (N-methyl/N-ethyl adjacent to an activating group) is 2. The fraction of sp³-hybridized carbons (Fsp3) is 0.300. The van der Waals surface area contributed by atoms with Crippen LogP contribution in [-0.4, -0.2) is 51.6 Å². The van der Waals surface area contributed by atoms with Crippen LogP contribution in [0.15, 0.2) is 24.3 Å². The SMILES string of the molecule is CN(C)C([c-]1[c-][c-][c-][c-]1)C([c-]1cccc1)N(C)C.[C-]#[O+].[C-]#[O+].[CH-]=O.[CH-]=O.[Fe+6].[Fe]. The number of carbonyl (C=O) groups excluding carboxylic acids is 2. The second-order valence-electron chi connectivity index (χ2n) is 4.95. The maximum absolute atomic E-state index is 7.75. The molecule has 2 atom stereocenters. The van der Waals surface area contributed by atoms with Crippen LogP contribution in [0.2, 0.25) is 0 Å².